The van der Waals surface area contributed by atoms with Crippen LogP contribution in [0.5, 0.6) is 5.88 Å². The molecule has 2 aromatic carbocycles. The summed E-state index contributed by atoms with van der Waals surface area (Å²) in [4.78, 5) is 23.0. The number of para-hydroxylation sites is 1. The van der Waals surface area contributed by atoms with Crippen LogP contribution >= 0.6 is 11.6 Å². The second-order valence-corrected chi connectivity index (χ2v) is 9.16. The molecule has 168 valence electrons. The van der Waals surface area contributed by atoms with E-state index in [1.807, 2.05) is 6.07 Å². The van der Waals surface area contributed by atoms with Gasteiger partial charge in [0.25, 0.3) is 5.91 Å². The molecule has 1 atom stereocenters. The number of hydrogen-bond acceptors (Lipinski definition) is 6. The molecular weight excluding hydrogens is 445 g/mol. The summed E-state index contributed by atoms with van der Waals surface area (Å²) >= 11 is 6.17. The van der Waals surface area contributed by atoms with Gasteiger partial charge in [0.2, 0.25) is 11.8 Å². The number of fused-ring (bicyclic) bond motifs is 3. The lowest BCUT2D eigenvalue weighted by atomic mass is 9.88. The fourth-order valence-corrected chi connectivity index (χ4v) is 5.02. The Hall–Kier alpha value is -3.23. The van der Waals surface area contributed by atoms with E-state index in [4.69, 9.17) is 16.3 Å². The average molecular weight is 466 g/mol. The second-order valence-electron chi connectivity index (χ2n) is 8.76. The molecule has 1 saturated carbocycles. The van der Waals surface area contributed by atoms with Gasteiger partial charge in [-0.3, -0.25) is 9.69 Å². The summed E-state index contributed by atoms with van der Waals surface area (Å²) in [6, 6.07) is 10.6. The van der Waals surface area contributed by atoms with Crippen molar-refractivity contribution in [1.82, 2.24) is 15.3 Å². The molecule has 1 aromatic heterocycles. The Morgan fingerprint density at radius 3 is 2.94 bits per heavy atom. The van der Waals surface area contributed by atoms with Crippen LogP contribution in [0.25, 0.3) is 0 Å². The first kappa shape index (κ1) is 20.4. The number of rotatable bonds is 3. The molecule has 33 heavy (non-hydrogen) atoms. The highest BCUT2D eigenvalue weighted by Gasteiger charge is 2.46. The van der Waals surface area contributed by atoms with Crippen molar-refractivity contribution >= 4 is 34.8 Å². The topological polar surface area (TPSA) is 79.4 Å². The van der Waals surface area contributed by atoms with Crippen LogP contribution < -0.4 is 20.3 Å². The van der Waals surface area contributed by atoms with E-state index in [9.17, 15) is 9.18 Å². The monoisotopic (exact) mass is 465 g/mol. The molecule has 2 aliphatic heterocycles. The number of nitrogens with one attached hydrogen (secondary N) is 2. The smallest absolute Gasteiger partial charge is 0.268 e. The van der Waals surface area contributed by atoms with Gasteiger partial charge in [0.05, 0.1) is 5.02 Å². The third-order valence-corrected chi connectivity index (χ3v) is 6.90. The van der Waals surface area contributed by atoms with Crippen molar-refractivity contribution in [3.63, 3.8) is 0 Å². The van der Waals surface area contributed by atoms with Gasteiger partial charge in [0.1, 0.15) is 17.1 Å². The zero-order valence-corrected chi connectivity index (χ0v) is 18.6. The van der Waals surface area contributed by atoms with Crippen molar-refractivity contribution in [3.8, 4) is 5.88 Å². The van der Waals surface area contributed by atoms with Crippen LogP contribution in [0.3, 0.4) is 0 Å². The van der Waals surface area contributed by atoms with Crippen LogP contribution in [0.4, 0.5) is 21.7 Å². The largest absolute Gasteiger partial charge is 0.453 e. The number of ether oxygens (including phenoxy) is 1. The van der Waals surface area contributed by atoms with E-state index in [1.165, 1.54) is 53.3 Å². The van der Waals surface area contributed by atoms with E-state index in [1.54, 1.807) is 6.92 Å². The number of carbonyl (C=O) groups excluding carboxylic acids is 1. The molecule has 1 spiro atoms. The van der Waals surface area contributed by atoms with Gasteiger partial charge < -0.3 is 15.4 Å². The number of anilines is 3. The minimum Gasteiger partial charge on any atom is -0.453 e. The number of nitrogens with zero attached hydrogens (tertiary/aromatic N) is 3. The molecule has 0 saturated heterocycles. The SMILES string of the molecule is CC1Oc2nc(Nc3ccc4c(c3)CNCC43CC3)ncc2C(=O)N1c1c(F)cccc1Cl. The maximum atomic E-state index is 14.5. The normalized spacial score (nSPS) is 20.2. The summed E-state index contributed by atoms with van der Waals surface area (Å²) in [7, 11) is 0. The summed E-state index contributed by atoms with van der Waals surface area (Å²) in [5, 5.41) is 6.83. The third kappa shape index (κ3) is 3.32. The van der Waals surface area contributed by atoms with Gasteiger partial charge in [-0.15, -0.1) is 0 Å². The summed E-state index contributed by atoms with van der Waals surface area (Å²) < 4.78 is 20.3. The molecule has 1 fully saturated rings. The molecule has 3 aliphatic rings. The Balaban J connectivity index is 1.28. The first-order valence-electron chi connectivity index (χ1n) is 10.9. The van der Waals surface area contributed by atoms with Crippen molar-refractivity contribution in [3.05, 3.63) is 70.1 Å². The van der Waals surface area contributed by atoms with E-state index in [2.05, 4.69) is 32.7 Å². The van der Waals surface area contributed by atoms with Gasteiger partial charge in [-0.05, 0) is 55.2 Å². The fraction of sp³-hybridized carbons (Fsp3) is 0.292. The zero-order valence-electron chi connectivity index (χ0n) is 17.9. The van der Waals surface area contributed by atoms with E-state index in [0.717, 1.165) is 18.8 Å². The fourth-order valence-electron chi connectivity index (χ4n) is 4.77. The van der Waals surface area contributed by atoms with Crippen LogP contribution in [-0.2, 0) is 12.0 Å². The molecule has 0 radical (unpaired) electrons. The highest BCUT2D eigenvalue weighted by molar-refractivity contribution is 6.34. The minimum absolute atomic E-state index is 0.0272. The van der Waals surface area contributed by atoms with Crippen LogP contribution in [0, 0.1) is 5.82 Å². The van der Waals surface area contributed by atoms with Crippen molar-refractivity contribution < 1.29 is 13.9 Å². The van der Waals surface area contributed by atoms with Gasteiger partial charge in [-0.25, -0.2) is 9.37 Å². The predicted octanol–water partition coefficient (Wildman–Crippen LogP) is 4.53. The molecular formula is C24H21ClFN5O2. The van der Waals surface area contributed by atoms with Crippen LogP contribution in [0.2, 0.25) is 5.02 Å². The van der Waals surface area contributed by atoms with Gasteiger partial charge in [0, 0.05) is 30.4 Å². The van der Waals surface area contributed by atoms with Crippen LogP contribution in [-0.4, -0.2) is 28.6 Å². The number of benzene rings is 2. The summed E-state index contributed by atoms with van der Waals surface area (Å²) in [6.07, 6.45) is 3.05. The molecule has 0 bridgehead atoms. The maximum absolute atomic E-state index is 14.5. The Morgan fingerprint density at radius 1 is 1.30 bits per heavy atom. The Morgan fingerprint density at radius 2 is 2.15 bits per heavy atom. The number of carbonyl (C=O) groups is 1. The molecule has 3 heterocycles. The van der Waals surface area contributed by atoms with Gasteiger partial charge >= 0.3 is 0 Å². The van der Waals surface area contributed by atoms with E-state index >= 15 is 0 Å². The molecule has 6 rings (SSSR count). The Kier molecular flexibility index (Phi) is 4.57. The lowest BCUT2D eigenvalue weighted by Crippen LogP contribution is -2.47. The molecule has 9 heteroatoms. The Labute approximate surface area is 194 Å². The molecule has 7 nitrogen and oxygen atoms in total. The number of aromatic nitrogens is 2. The molecule has 1 amide bonds. The van der Waals surface area contributed by atoms with Gasteiger partial charge in [-0.1, -0.05) is 23.7 Å². The Bertz CT molecular complexity index is 1280. The lowest BCUT2D eigenvalue weighted by Gasteiger charge is -2.34. The molecule has 1 unspecified atom stereocenters. The number of hydrogen-bond donors (Lipinski definition) is 2. The average Bonchev–Trinajstić information content (AvgIpc) is 3.55. The van der Waals surface area contributed by atoms with Crippen LogP contribution in [0.15, 0.2) is 42.6 Å². The van der Waals surface area contributed by atoms with E-state index in [-0.39, 0.29) is 22.2 Å². The number of amides is 1. The first-order chi connectivity index (χ1) is 15.9. The summed E-state index contributed by atoms with van der Waals surface area (Å²) in [5.41, 5.74) is 3.99. The number of halogens is 2. The standard InChI is InChI=1S/C24H21ClFN5O2/c1-13-31(20-18(25)3-2-4-19(20)26)22(32)16-11-28-23(30-21(16)33-13)29-15-5-6-17-14(9-15)10-27-12-24(17)7-8-24/h2-6,9,11,13,27H,7-8,10,12H2,1H3,(H,28,29,30). The first-order valence-corrected chi connectivity index (χ1v) is 11.3. The maximum Gasteiger partial charge on any atom is 0.268 e. The highest BCUT2D eigenvalue weighted by atomic mass is 35.5. The quantitative estimate of drug-likeness (QED) is 0.591. The van der Waals surface area contributed by atoms with Crippen molar-refractivity contribution in [2.75, 3.05) is 16.8 Å². The van der Waals surface area contributed by atoms with Gasteiger partial charge in [-0.2, -0.15) is 4.98 Å². The second kappa shape index (κ2) is 7.40. The lowest BCUT2D eigenvalue weighted by molar-refractivity contribution is 0.0865. The third-order valence-electron chi connectivity index (χ3n) is 6.59. The minimum atomic E-state index is -0.799. The predicted molar refractivity (Wildman–Crippen MR) is 123 cm³/mol. The summed E-state index contributed by atoms with van der Waals surface area (Å²) in [5.74, 6) is -0.623. The molecule has 2 N–H and O–H groups in total. The highest BCUT2D eigenvalue weighted by Crippen LogP contribution is 2.50. The molecule has 3 aromatic rings. The summed E-state index contributed by atoms with van der Waals surface area (Å²) in [6.45, 7) is 3.52. The van der Waals surface area contributed by atoms with E-state index < -0.39 is 18.0 Å². The van der Waals surface area contributed by atoms with Gasteiger partial charge in [0.15, 0.2) is 6.23 Å². The molecule has 1 aliphatic carbocycles. The van der Waals surface area contributed by atoms with Crippen molar-refractivity contribution in [2.45, 2.75) is 38.0 Å². The van der Waals surface area contributed by atoms with E-state index in [0.29, 0.717) is 11.4 Å². The van der Waals surface area contributed by atoms with Crippen molar-refractivity contribution in [1.29, 1.82) is 0 Å². The zero-order chi connectivity index (χ0) is 22.7. The van der Waals surface area contributed by atoms with Crippen LogP contribution in [0.1, 0.15) is 41.3 Å². The van der Waals surface area contributed by atoms with Crippen molar-refractivity contribution in [2.24, 2.45) is 0 Å².